The number of anilines is 1. The quantitative estimate of drug-likeness (QED) is 0.653. The molecule has 2 aromatic rings. The second kappa shape index (κ2) is 10.6. The molecule has 2 N–H and O–H groups in total. The SMILES string of the molecule is Cc1cccc(C)c1NC(=O)CNC(=O)C(C)OC(=O)c1cc2c(s1)CCCCCC2. The van der Waals surface area contributed by atoms with Crippen molar-refractivity contribution < 1.29 is 19.1 Å². The van der Waals surface area contributed by atoms with E-state index >= 15 is 0 Å². The average molecular weight is 443 g/mol. The normalized spacial score (nSPS) is 14.5. The molecule has 0 saturated carbocycles. The highest BCUT2D eigenvalue weighted by Gasteiger charge is 2.22. The zero-order valence-electron chi connectivity index (χ0n) is 18.4. The number of aryl methyl sites for hydroxylation is 4. The fourth-order valence-electron chi connectivity index (χ4n) is 3.72. The molecule has 1 atom stereocenters. The van der Waals surface area contributed by atoms with Crippen molar-refractivity contribution in [2.45, 2.75) is 65.4 Å². The van der Waals surface area contributed by atoms with Gasteiger partial charge in [-0.3, -0.25) is 9.59 Å². The molecule has 1 aromatic carbocycles. The van der Waals surface area contributed by atoms with E-state index in [1.54, 1.807) is 0 Å². The fraction of sp³-hybridized carbons (Fsp3) is 0.458. The van der Waals surface area contributed by atoms with E-state index in [2.05, 4.69) is 10.6 Å². The highest BCUT2D eigenvalue weighted by atomic mass is 32.1. The van der Waals surface area contributed by atoms with E-state index in [0.29, 0.717) is 4.88 Å². The molecule has 1 unspecified atom stereocenters. The van der Waals surface area contributed by atoms with Crippen LogP contribution in [-0.4, -0.2) is 30.4 Å². The van der Waals surface area contributed by atoms with E-state index in [4.69, 9.17) is 4.74 Å². The van der Waals surface area contributed by atoms with Crippen LogP contribution in [0.2, 0.25) is 0 Å². The van der Waals surface area contributed by atoms with Gasteiger partial charge in [0.15, 0.2) is 6.10 Å². The number of benzene rings is 1. The number of thiophene rings is 1. The number of carbonyl (C=O) groups is 3. The van der Waals surface area contributed by atoms with Gasteiger partial charge in [0.2, 0.25) is 5.91 Å². The monoisotopic (exact) mass is 442 g/mol. The molecule has 0 bridgehead atoms. The first-order chi connectivity index (χ1) is 14.8. The van der Waals surface area contributed by atoms with Gasteiger partial charge in [-0.05, 0) is 69.2 Å². The zero-order chi connectivity index (χ0) is 22.4. The number of carbonyl (C=O) groups excluding carboxylic acids is 3. The van der Waals surface area contributed by atoms with Gasteiger partial charge in [0.1, 0.15) is 4.88 Å². The summed E-state index contributed by atoms with van der Waals surface area (Å²) in [5.41, 5.74) is 3.88. The first-order valence-electron chi connectivity index (χ1n) is 10.8. The summed E-state index contributed by atoms with van der Waals surface area (Å²) >= 11 is 1.47. The van der Waals surface area contributed by atoms with E-state index in [1.807, 2.05) is 38.1 Å². The number of nitrogens with one attached hydrogen (secondary N) is 2. The summed E-state index contributed by atoms with van der Waals surface area (Å²) in [7, 11) is 0. The minimum atomic E-state index is -0.981. The van der Waals surface area contributed by atoms with E-state index in [1.165, 1.54) is 41.5 Å². The van der Waals surface area contributed by atoms with E-state index in [9.17, 15) is 14.4 Å². The standard InChI is InChI=1S/C24H30N2O4S/c1-15-9-8-10-16(2)22(15)26-21(27)14-25-23(28)17(3)30-24(29)20-13-18-11-6-4-5-7-12-19(18)31-20/h8-10,13,17H,4-7,11-12,14H2,1-3H3,(H,25,28)(H,26,27). The Labute approximate surface area is 187 Å². The molecule has 6 nitrogen and oxygen atoms in total. The van der Waals surface area contributed by atoms with Gasteiger partial charge in [-0.15, -0.1) is 11.3 Å². The Morgan fingerprint density at radius 2 is 1.74 bits per heavy atom. The summed E-state index contributed by atoms with van der Waals surface area (Å²) < 4.78 is 5.35. The fourth-order valence-corrected chi connectivity index (χ4v) is 4.86. The molecular weight excluding hydrogens is 412 g/mol. The van der Waals surface area contributed by atoms with Gasteiger partial charge in [-0.1, -0.05) is 31.0 Å². The van der Waals surface area contributed by atoms with Crippen LogP contribution in [0.25, 0.3) is 0 Å². The number of hydrogen-bond acceptors (Lipinski definition) is 5. The van der Waals surface area contributed by atoms with Crippen molar-refractivity contribution in [1.82, 2.24) is 5.32 Å². The van der Waals surface area contributed by atoms with Gasteiger partial charge in [-0.2, -0.15) is 0 Å². The van der Waals surface area contributed by atoms with Crippen molar-refractivity contribution in [1.29, 1.82) is 0 Å². The lowest BCUT2D eigenvalue weighted by Crippen LogP contribution is -2.40. The van der Waals surface area contributed by atoms with Crippen molar-refractivity contribution in [2.75, 3.05) is 11.9 Å². The van der Waals surface area contributed by atoms with Crippen LogP contribution in [0.15, 0.2) is 24.3 Å². The van der Waals surface area contributed by atoms with Crippen LogP contribution >= 0.6 is 11.3 Å². The maximum absolute atomic E-state index is 12.5. The first-order valence-corrected chi connectivity index (χ1v) is 11.6. The molecule has 1 heterocycles. The lowest BCUT2D eigenvalue weighted by atomic mass is 10.00. The molecule has 1 aromatic heterocycles. The number of rotatable bonds is 6. The summed E-state index contributed by atoms with van der Waals surface area (Å²) in [5.74, 6) is -1.32. The molecule has 3 rings (SSSR count). The molecular formula is C24H30N2O4S. The van der Waals surface area contributed by atoms with Gasteiger partial charge in [0.25, 0.3) is 5.91 Å². The minimum absolute atomic E-state index is 0.193. The van der Waals surface area contributed by atoms with Crippen molar-refractivity contribution in [2.24, 2.45) is 0 Å². The van der Waals surface area contributed by atoms with Gasteiger partial charge in [-0.25, -0.2) is 4.79 Å². The lowest BCUT2D eigenvalue weighted by Gasteiger charge is -2.14. The lowest BCUT2D eigenvalue weighted by molar-refractivity contribution is -0.130. The summed E-state index contributed by atoms with van der Waals surface area (Å²) in [6, 6.07) is 7.66. The Kier molecular flexibility index (Phi) is 7.85. The van der Waals surface area contributed by atoms with Crippen molar-refractivity contribution in [3.63, 3.8) is 0 Å². The summed E-state index contributed by atoms with van der Waals surface area (Å²) in [5, 5.41) is 5.36. The number of para-hydroxylation sites is 1. The Morgan fingerprint density at radius 3 is 2.45 bits per heavy atom. The third kappa shape index (κ3) is 6.17. The smallest absolute Gasteiger partial charge is 0.349 e. The zero-order valence-corrected chi connectivity index (χ0v) is 19.2. The summed E-state index contributed by atoms with van der Waals surface area (Å²) in [4.78, 5) is 38.9. The van der Waals surface area contributed by atoms with Gasteiger partial charge >= 0.3 is 5.97 Å². The molecule has 31 heavy (non-hydrogen) atoms. The maximum Gasteiger partial charge on any atom is 0.349 e. The van der Waals surface area contributed by atoms with Gasteiger partial charge in [0, 0.05) is 10.6 Å². The highest BCUT2D eigenvalue weighted by Crippen LogP contribution is 2.29. The molecule has 0 saturated heterocycles. The molecule has 0 fully saturated rings. The largest absolute Gasteiger partial charge is 0.448 e. The highest BCUT2D eigenvalue weighted by molar-refractivity contribution is 7.14. The van der Waals surface area contributed by atoms with Crippen molar-refractivity contribution in [3.05, 3.63) is 50.7 Å². The molecule has 1 aliphatic carbocycles. The molecule has 0 spiro atoms. The molecule has 7 heteroatoms. The number of fused-ring (bicyclic) bond motifs is 1. The molecule has 2 amide bonds. The second-order valence-corrected chi connectivity index (χ2v) is 9.19. The summed E-state index contributed by atoms with van der Waals surface area (Å²) in [6.07, 6.45) is 5.74. The third-order valence-electron chi connectivity index (χ3n) is 5.52. The van der Waals surface area contributed by atoms with E-state index < -0.39 is 18.0 Å². The van der Waals surface area contributed by atoms with Crippen LogP contribution in [0.4, 0.5) is 5.69 Å². The van der Waals surface area contributed by atoms with Crippen LogP contribution in [-0.2, 0) is 27.2 Å². The second-order valence-electron chi connectivity index (χ2n) is 8.05. The van der Waals surface area contributed by atoms with Crippen LogP contribution in [0, 0.1) is 13.8 Å². The average Bonchev–Trinajstić information content (AvgIpc) is 3.11. The molecule has 1 aliphatic rings. The summed E-state index contributed by atoms with van der Waals surface area (Å²) in [6.45, 7) is 5.14. The third-order valence-corrected chi connectivity index (χ3v) is 6.74. The molecule has 0 radical (unpaired) electrons. The number of esters is 1. The maximum atomic E-state index is 12.5. The topological polar surface area (TPSA) is 84.5 Å². The minimum Gasteiger partial charge on any atom is -0.448 e. The van der Waals surface area contributed by atoms with Crippen LogP contribution in [0.1, 0.15) is 63.8 Å². The van der Waals surface area contributed by atoms with E-state index in [-0.39, 0.29) is 12.5 Å². The van der Waals surface area contributed by atoms with Crippen LogP contribution < -0.4 is 10.6 Å². The Morgan fingerprint density at radius 1 is 1.06 bits per heavy atom. The van der Waals surface area contributed by atoms with Gasteiger partial charge in [0.05, 0.1) is 6.54 Å². The van der Waals surface area contributed by atoms with Crippen LogP contribution in [0.5, 0.6) is 0 Å². The Balaban J connectivity index is 1.50. The predicted octanol–water partition coefficient (Wildman–Crippen LogP) is 4.32. The van der Waals surface area contributed by atoms with Crippen molar-refractivity contribution in [3.8, 4) is 0 Å². The van der Waals surface area contributed by atoms with E-state index in [0.717, 1.165) is 42.5 Å². The van der Waals surface area contributed by atoms with Gasteiger partial charge < -0.3 is 15.4 Å². The predicted molar refractivity (Wildman–Crippen MR) is 123 cm³/mol. The number of hydrogen-bond donors (Lipinski definition) is 2. The number of amides is 2. The Bertz CT molecular complexity index is 921. The van der Waals surface area contributed by atoms with Crippen LogP contribution in [0.3, 0.4) is 0 Å². The Hall–Kier alpha value is -2.67. The first kappa shape index (κ1) is 23.0. The molecule has 0 aliphatic heterocycles. The van der Waals surface area contributed by atoms with Crippen molar-refractivity contribution >= 4 is 34.8 Å². The number of ether oxygens (including phenoxy) is 1. The molecule has 166 valence electrons.